The van der Waals surface area contributed by atoms with Crippen molar-refractivity contribution in [2.24, 2.45) is 5.14 Å². The van der Waals surface area contributed by atoms with Crippen LogP contribution in [0.5, 0.6) is 0 Å². The monoisotopic (exact) mass is 261 g/mol. The number of nitrogens with two attached hydrogens (primary N) is 1. The molecule has 0 radical (unpaired) electrons. The van der Waals surface area contributed by atoms with Crippen LogP contribution in [0.1, 0.15) is 10.9 Å². The van der Waals surface area contributed by atoms with Crippen molar-refractivity contribution in [1.29, 1.82) is 0 Å². The molecular weight excluding hydrogens is 254 g/mol. The van der Waals surface area contributed by atoms with Gasteiger partial charge in [-0.3, -0.25) is 20.2 Å². The van der Waals surface area contributed by atoms with E-state index in [9.17, 15) is 28.6 Å². The first-order chi connectivity index (χ1) is 7.75. The van der Waals surface area contributed by atoms with Gasteiger partial charge in [0.25, 0.3) is 15.7 Å². The van der Waals surface area contributed by atoms with Gasteiger partial charge in [-0.1, -0.05) is 12.1 Å². The van der Waals surface area contributed by atoms with E-state index in [2.05, 4.69) is 5.14 Å². The van der Waals surface area contributed by atoms with E-state index in [1.54, 1.807) is 0 Å². The first-order valence-corrected chi connectivity index (χ1v) is 5.74. The van der Waals surface area contributed by atoms with Crippen LogP contribution in [-0.2, 0) is 10.0 Å². The Balaban J connectivity index is 3.50. The number of rotatable bonds is 4. The predicted octanol–water partition coefficient (Wildman–Crippen LogP) is 0.159. The number of nitro benzene ring substituents is 1. The number of hydrogen-bond donors (Lipinski definition) is 1. The van der Waals surface area contributed by atoms with Gasteiger partial charge in [-0.05, 0) is 6.07 Å². The Morgan fingerprint density at radius 1 is 1.18 bits per heavy atom. The molecule has 0 saturated heterocycles. The van der Waals surface area contributed by atoms with Gasteiger partial charge in [-0.15, -0.1) is 0 Å². The normalized spacial score (nSPS) is 13.0. The minimum absolute atomic E-state index is 0.565. The molecule has 0 aliphatic rings. The van der Waals surface area contributed by atoms with Gasteiger partial charge in [0, 0.05) is 11.0 Å². The van der Waals surface area contributed by atoms with E-state index in [-0.39, 0.29) is 0 Å². The van der Waals surface area contributed by atoms with Crippen molar-refractivity contribution in [1.82, 2.24) is 0 Å². The fraction of sp³-hybridized carbons (Fsp3) is 0.143. The van der Waals surface area contributed by atoms with Crippen LogP contribution >= 0.6 is 0 Å². The van der Waals surface area contributed by atoms with Crippen LogP contribution in [-0.4, -0.2) is 18.3 Å². The number of benzene rings is 1. The summed E-state index contributed by atoms with van der Waals surface area (Å²) < 4.78 is 22.1. The summed E-state index contributed by atoms with van der Waals surface area (Å²) >= 11 is 0. The molecule has 0 fully saturated rings. The molecule has 0 spiro atoms. The number of primary sulfonamides is 1. The van der Waals surface area contributed by atoms with Gasteiger partial charge in [0.2, 0.25) is 0 Å². The Kier molecular flexibility index (Phi) is 3.39. The first-order valence-electron chi connectivity index (χ1n) is 4.13. The van der Waals surface area contributed by atoms with E-state index in [0.717, 1.165) is 12.1 Å². The molecule has 1 aromatic rings. The third-order valence-electron chi connectivity index (χ3n) is 1.90. The molecule has 1 rings (SSSR count). The first kappa shape index (κ1) is 13.0. The summed E-state index contributed by atoms with van der Waals surface area (Å²) in [5.41, 5.74) is -1.23. The highest BCUT2D eigenvalue weighted by Gasteiger charge is 2.40. The highest BCUT2D eigenvalue weighted by atomic mass is 32.2. The van der Waals surface area contributed by atoms with Crippen molar-refractivity contribution in [2.45, 2.75) is 5.37 Å². The summed E-state index contributed by atoms with van der Waals surface area (Å²) in [6.45, 7) is 0. The zero-order valence-corrected chi connectivity index (χ0v) is 9.03. The predicted molar refractivity (Wildman–Crippen MR) is 55.9 cm³/mol. The van der Waals surface area contributed by atoms with Gasteiger partial charge in [0.15, 0.2) is 0 Å². The lowest BCUT2D eigenvalue weighted by molar-refractivity contribution is -0.504. The molecule has 0 heterocycles. The minimum Gasteiger partial charge on any atom is -0.263 e. The number of nitro groups is 2. The quantitative estimate of drug-likeness (QED) is 0.603. The fourth-order valence-electron chi connectivity index (χ4n) is 1.27. The number of sulfonamides is 1. The molecule has 2 N–H and O–H groups in total. The molecule has 0 bridgehead atoms. The maximum atomic E-state index is 11.1. The van der Waals surface area contributed by atoms with Gasteiger partial charge in [-0.25, -0.2) is 13.6 Å². The van der Waals surface area contributed by atoms with Crippen LogP contribution in [0.3, 0.4) is 0 Å². The second-order valence-corrected chi connectivity index (χ2v) is 4.67. The fourth-order valence-corrected chi connectivity index (χ4v) is 2.07. The molecule has 9 nitrogen and oxygen atoms in total. The van der Waals surface area contributed by atoms with Crippen LogP contribution < -0.4 is 5.14 Å². The largest absolute Gasteiger partial charge is 0.355 e. The summed E-state index contributed by atoms with van der Waals surface area (Å²) in [5.74, 6) is 0. The number of nitrogens with zero attached hydrogens (tertiary/aromatic N) is 2. The van der Waals surface area contributed by atoms with E-state index in [1.165, 1.54) is 12.1 Å². The Morgan fingerprint density at radius 3 is 2.12 bits per heavy atom. The molecule has 0 aliphatic heterocycles. The highest BCUT2D eigenvalue weighted by Crippen LogP contribution is 2.29. The van der Waals surface area contributed by atoms with E-state index in [1.807, 2.05) is 0 Å². The summed E-state index contributed by atoms with van der Waals surface area (Å²) in [7, 11) is -4.58. The van der Waals surface area contributed by atoms with E-state index in [4.69, 9.17) is 0 Å². The van der Waals surface area contributed by atoms with E-state index in [0.29, 0.717) is 0 Å². The lowest BCUT2D eigenvalue weighted by atomic mass is 10.2. The second kappa shape index (κ2) is 4.43. The Bertz CT molecular complexity index is 569. The number of hydrogen-bond acceptors (Lipinski definition) is 6. The molecule has 0 saturated carbocycles. The molecule has 10 heteroatoms. The maximum Gasteiger partial charge on any atom is 0.355 e. The van der Waals surface area contributed by atoms with Crippen LogP contribution in [0.4, 0.5) is 5.69 Å². The van der Waals surface area contributed by atoms with Gasteiger partial charge < -0.3 is 0 Å². The maximum absolute atomic E-state index is 11.1. The molecule has 17 heavy (non-hydrogen) atoms. The van der Waals surface area contributed by atoms with Crippen LogP contribution in [0.2, 0.25) is 0 Å². The summed E-state index contributed by atoms with van der Waals surface area (Å²) in [6.07, 6.45) is 0. The Hall–Kier alpha value is -2.07. The molecule has 0 aromatic heterocycles. The average Bonchev–Trinajstić information content (AvgIpc) is 2.15. The third kappa shape index (κ3) is 2.73. The van der Waals surface area contributed by atoms with Crippen molar-refractivity contribution in [2.75, 3.05) is 0 Å². The van der Waals surface area contributed by atoms with E-state index >= 15 is 0 Å². The average molecular weight is 261 g/mol. The Labute approximate surface area is 95.2 Å². The zero-order valence-electron chi connectivity index (χ0n) is 8.22. The van der Waals surface area contributed by atoms with Crippen molar-refractivity contribution >= 4 is 15.7 Å². The van der Waals surface area contributed by atoms with Crippen molar-refractivity contribution in [3.63, 3.8) is 0 Å². The lowest BCUT2D eigenvalue weighted by Gasteiger charge is -2.07. The molecule has 1 unspecified atom stereocenters. The summed E-state index contributed by atoms with van der Waals surface area (Å²) in [5, 5.41) is 23.6. The van der Waals surface area contributed by atoms with Gasteiger partial charge >= 0.3 is 5.37 Å². The molecule has 1 atom stereocenters. The second-order valence-electron chi connectivity index (χ2n) is 3.04. The summed E-state index contributed by atoms with van der Waals surface area (Å²) in [6, 6.07) is 4.47. The number of para-hydroxylation sites is 1. The van der Waals surface area contributed by atoms with Gasteiger partial charge in [0.05, 0.1) is 4.92 Å². The highest BCUT2D eigenvalue weighted by molar-refractivity contribution is 7.89. The van der Waals surface area contributed by atoms with Crippen molar-refractivity contribution in [3.05, 3.63) is 50.1 Å². The lowest BCUT2D eigenvalue weighted by Crippen LogP contribution is -2.28. The Morgan fingerprint density at radius 2 is 1.71 bits per heavy atom. The van der Waals surface area contributed by atoms with Crippen molar-refractivity contribution in [3.8, 4) is 0 Å². The summed E-state index contributed by atoms with van der Waals surface area (Å²) in [4.78, 5) is 19.2. The zero-order chi connectivity index (χ0) is 13.2. The topological polar surface area (TPSA) is 146 Å². The van der Waals surface area contributed by atoms with Gasteiger partial charge in [-0.2, -0.15) is 0 Å². The molecule has 92 valence electrons. The van der Waals surface area contributed by atoms with Crippen LogP contribution in [0.25, 0.3) is 0 Å². The molecule has 1 aromatic carbocycles. The minimum atomic E-state index is -4.58. The van der Waals surface area contributed by atoms with Gasteiger partial charge in [0.1, 0.15) is 5.56 Å². The molecule has 0 amide bonds. The standard InChI is InChI=1S/C7H7N3O6S/c8-17(15,16)7(10(13)14)5-3-1-2-4-6(5)9(11)12/h1-4,7H,(H2,8,15,16). The van der Waals surface area contributed by atoms with Crippen LogP contribution in [0, 0.1) is 20.2 Å². The SMILES string of the molecule is NS(=O)(=O)C(c1ccccc1[N+](=O)[O-])[N+](=O)[O-]. The van der Waals surface area contributed by atoms with E-state index < -0.39 is 36.5 Å². The van der Waals surface area contributed by atoms with Crippen molar-refractivity contribution < 1.29 is 18.3 Å². The molecule has 0 aliphatic carbocycles. The smallest absolute Gasteiger partial charge is 0.263 e. The van der Waals surface area contributed by atoms with Crippen LogP contribution in [0.15, 0.2) is 24.3 Å². The third-order valence-corrected chi connectivity index (χ3v) is 2.95. The molecular formula is C7H7N3O6S.